The van der Waals surface area contributed by atoms with Crippen LogP contribution in [0.2, 0.25) is 0 Å². The molecule has 5 atom stereocenters. The zero-order valence-corrected chi connectivity index (χ0v) is 37.8. The van der Waals surface area contributed by atoms with Gasteiger partial charge in [0.1, 0.15) is 0 Å². The van der Waals surface area contributed by atoms with Crippen molar-refractivity contribution in [3.05, 3.63) is 0 Å². The van der Waals surface area contributed by atoms with Crippen LogP contribution >= 0.6 is 0 Å². The Bertz CT molecular complexity index is 593. The molecule has 334 valence electrons. The van der Waals surface area contributed by atoms with Crippen LogP contribution in [0.4, 0.5) is 0 Å². The maximum atomic E-state index is 8.29. The summed E-state index contributed by atoms with van der Waals surface area (Å²) in [6.07, 6.45) is 6.97. The minimum Gasteiger partial charge on any atom is -0.394 e. The first-order valence-electron chi connectivity index (χ1n) is 20.5. The van der Waals surface area contributed by atoms with Gasteiger partial charge in [0.2, 0.25) is 0 Å². The summed E-state index contributed by atoms with van der Waals surface area (Å²) in [5.41, 5.74) is 0. The van der Waals surface area contributed by atoms with Crippen molar-refractivity contribution in [3.63, 3.8) is 0 Å². The van der Waals surface area contributed by atoms with E-state index in [2.05, 4.69) is 62.3 Å². The fraction of sp³-hybridized carbons (Fsp3) is 1.00. The summed E-state index contributed by atoms with van der Waals surface area (Å²) in [5, 5.41) is 8.29. The van der Waals surface area contributed by atoms with Crippen molar-refractivity contribution < 1.29 is 61.9 Å². The number of aliphatic hydroxyl groups excluding tert-OH is 1. The summed E-state index contributed by atoms with van der Waals surface area (Å²) >= 11 is 0. The Morgan fingerprint density at radius 3 is 0.796 bits per heavy atom. The Hall–Kier alpha value is -0.520. The van der Waals surface area contributed by atoms with Gasteiger partial charge in [-0.2, -0.15) is 0 Å². The largest absolute Gasteiger partial charge is 0.394 e. The van der Waals surface area contributed by atoms with Crippen LogP contribution in [-0.4, -0.2) is 169 Å². The third-order valence-corrected chi connectivity index (χ3v) is 7.39. The highest BCUT2D eigenvalue weighted by molar-refractivity contribution is 4.46. The van der Waals surface area contributed by atoms with E-state index in [0.29, 0.717) is 116 Å². The average molecular weight is 793 g/mol. The van der Waals surface area contributed by atoms with Crippen LogP contribution in [0.5, 0.6) is 0 Å². The van der Waals surface area contributed by atoms with E-state index in [-0.39, 0.29) is 6.61 Å². The fourth-order valence-electron chi connectivity index (χ4n) is 2.95. The molecule has 0 spiro atoms. The first-order chi connectivity index (χ1) is 26.0. The summed E-state index contributed by atoms with van der Waals surface area (Å²) in [7, 11) is 5.01. The number of rotatable bonds is 34. The lowest BCUT2D eigenvalue weighted by molar-refractivity contribution is -0.0125. The standard InChI is InChI=1S/C11H24O4.C9H20O3.C8H18O2.C7H16O2.C6H14O2/c1-4-11(2)15-10-9-14-8-7-13-6-5-12-3;1-4-9(2)12-8-7-11-6-5-10-3;1-4-8(3)10-7-6-9-5-2;1-4-7(2)9-6-5-8-3;1-3-6(2)8-5-4-7/h11H,4-10H2,1-3H3;9H,4-8H2,1-3H3;8H,4-7H2,1-3H3;7H,4-6H2,1-3H3;6-7H,3-5H2,1-2H3. The molecule has 54 heavy (non-hydrogen) atoms. The van der Waals surface area contributed by atoms with E-state index in [0.717, 1.165) is 51.9 Å². The molecule has 13 heteroatoms. The fourth-order valence-corrected chi connectivity index (χ4v) is 2.95. The Kier molecular flexibility index (Phi) is 68.7. The van der Waals surface area contributed by atoms with Crippen LogP contribution in [0.25, 0.3) is 0 Å². The lowest BCUT2D eigenvalue weighted by atomic mass is 10.3. The molecule has 0 aliphatic rings. The van der Waals surface area contributed by atoms with Crippen molar-refractivity contribution in [2.75, 3.05) is 134 Å². The van der Waals surface area contributed by atoms with Gasteiger partial charge in [-0.15, -0.1) is 0 Å². The normalized spacial score (nSPS) is 13.4. The quantitative estimate of drug-likeness (QED) is 0.0671. The van der Waals surface area contributed by atoms with E-state index in [1.165, 1.54) is 0 Å². The summed E-state index contributed by atoms with van der Waals surface area (Å²) < 4.78 is 62.0. The van der Waals surface area contributed by atoms with Crippen molar-refractivity contribution >= 4 is 0 Å². The van der Waals surface area contributed by atoms with E-state index in [9.17, 15) is 0 Å². The molecule has 0 fully saturated rings. The van der Waals surface area contributed by atoms with Crippen LogP contribution in [-0.2, 0) is 56.8 Å². The first-order valence-corrected chi connectivity index (χ1v) is 20.5. The van der Waals surface area contributed by atoms with Gasteiger partial charge in [-0.05, 0) is 73.6 Å². The number of aliphatic hydroxyl groups is 1. The third kappa shape index (κ3) is 69.4. The van der Waals surface area contributed by atoms with Crippen molar-refractivity contribution in [2.45, 2.75) is 139 Å². The van der Waals surface area contributed by atoms with Gasteiger partial charge in [0.05, 0.1) is 136 Å². The van der Waals surface area contributed by atoms with Crippen molar-refractivity contribution in [3.8, 4) is 0 Å². The number of hydrogen-bond acceptors (Lipinski definition) is 13. The molecular formula is C41H92O13. The zero-order chi connectivity index (χ0) is 41.9. The van der Waals surface area contributed by atoms with Crippen LogP contribution in [0.1, 0.15) is 108 Å². The van der Waals surface area contributed by atoms with Gasteiger partial charge in [-0.25, -0.2) is 0 Å². The molecule has 0 aromatic heterocycles. The molecule has 0 rings (SSSR count). The highest BCUT2D eigenvalue weighted by atomic mass is 16.6. The SMILES string of the molecule is CCC(C)OCCO.CCC(C)OCCOC.CCC(C)OCCOCCOC.CCC(C)OCCOCCOCCOC.CCOCCOC(C)CC. The molecule has 0 aromatic rings. The molecule has 0 radical (unpaired) electrons. The van der Waals surface area contributed by atoms with Crippen LogP contribution in [0.15, 0.2) is 0 Å². The van der Waals surface area contributed by atoms with Crippen LogP contribution in [0.3, 0.4) is 0 Å². The second kappa shape index (κ2) is 59.2. The number of ether oxygens (including phenoxy) is 12. The van der Waals surface area contributed by atoms with E-state index in [4.69, 9.17) is 61.9 Å². The highest BCUT2D eigenvalue weighted by Gasteiger charge is 1.99. The highest BCUT2D eigenvalue weighted by Crippen LogP contribution is 1.97. The molecule has 0 aliphatic carbocycles. The average Bonchev–Trinajstić information content (AvgIpc) is 3.19. The lowest BCUT2D eigenvalue weighted by Crippen LogP contribution is -2.14. The lowest BCUT2D eigenvalue weighted by Gasteiger charge is -2.10. The van der Waals surface area contributed by atoms with Gasteiger partial charge in [-0.1, -0.05) is 34.6 Å². The Labute approximate surface area is 334 Å². The summed E-state index contributed by atoms with van der Waals surface area (Å²) in [6, 6.07) is 0. The van der Waals surface area contributed by atoms with Crippen molar-refractivity contribution in [2.24, 2.45) is 0 Å². The van der Waals surface area contributed by atoms with Crippen LogP contribution < -0.4 is 0 Å². The predicted octanol–water partition coefficient (Wildman–Crippen LogP) is 7.03. The van der Waals surface area contributed by atoms with Gasteiger partial charge in [0.25, 0.3) is 0 Å². The smallest absolute Gasteiger partial charge is 0.0704 e. The van der Waals surface area contributed by atoms with E-state index < -0.39 is 0 Å². The predicted molar refractivity (Wildman–Crippen MR) is 220 cm³/mol. The third-order valence-electron chi connectivity index (χ3n) is 7.39. The first kappa shape index (κ1) is 62.7. The molecule has 0 aliphatic heterocycles. The summed E-state index contributed by atoms with van der Waals surface area (Å²) in [6.45, 7) is 33.4. The van der Waals surface area contributed by atoms with E-state index in [1.807, 2.05) is 13.8 Å². The maximum absolute atomic E-state index is 8.29. The molecule has 0 saturated heterocycles. The zero-order valence-electron chi connectivity index (χ0n) is 37.8. The molecule has 0 aromatic carbocycles. The minimum atomic E-state index is 0.129. The second-order valence-electron chi connectivity index (χ2n) is 12.2. The molecule has 5 unspecified atom stereocenters. The Morgan fingerprint density at radius 2 is 0.537 bits per heavy atom. The maximum Gasteiger partial charge on any atom is 0.0704 e. The number of methoxy groups -OCH3 is 3. The van der Waals surface area contributed by atoms with Gasteiger partial charge in [0, 0.05) is 27.9 Å². The molecule has 0 heterocycles. The van der Waals surface area contributed by atoms with E-state index in [1.54, 1.807) is 21.3 Å². The second-order valence-corrected chi connectivity index (χ2v) is 12.2. The van der Waals surface area contributed by atoms with Crippen molar-refractivity contribution in [1.29, 1.82) is 0 Å². The molecule has 0 bridgehead atoms. The molecule has 0 amide bonds. The Morgan fingerprint density at radius 1 is 0.315 bits per heavy atom. The van der Waals surface area contributed by atoms with Gasteiger partial charge in [-0.3, -0.25) is 0 Å². The molecule has 1 N–H and O–H groups in total. The van der Waals surface area contributed by atoms with E-state index >= 15 is 0 Å². The summed E-state index contributed by atoms with van der Waals surface area (Å²) in [5.74, 6) is 0. The van der Waals surface area contributed by atoms with Gasteiger partial charge >= 0.3 is 0 Å². The van der Waals surface area contributed by atoms with Crippen molar-refractivity contribution in [1.82, 2.24) is 0 Å². The molecule has 13 nitrogen and oxygen atoms in total. The minimum absolute atomic E-state index is 0.129. The molecule has 0 saturated carbocycles. The van der Waals surface area contributed by atoms with Gasteiger partial charge < -0.3 is 61.9 Å². The van der Waals surface area contributed by atoms with Gasteiger partial charge in [0.15, 0.2) is 0 Å². The summed E-state index contributed by atoms with van der Waals surface area (Å²) in [4.78, 5) is 0. The topological polar surface area (TPSA) is 131 Å². The Balaban J connectivity index is -0.000000189. The number of hydrogen-bond donors (Lipinski definition) is 1. The van der Waals surface area contributed by atoms with Crippen LogP contribution in [0, 0.1) is 0 Å². The molecular weight excluding hydrogens is 700 g/mol. The monoisotopic (exact) mass is 793 g/mol.